The van der Waals surface area contributed by atoms with Crippen molar-refractivity contribution in [3.05, 3.63) is 33.9 Å². The van der Waals surface area contributed by atoms with E-state index >= 15 is 0 Å². The van der Waals surface area contributed by atoms with Crippen molar-refractivity contribution in [2.24, 2.45) is 0 Å². The van der Waals surface area contributed by atoms with Crippen LogP contribution in [-0.2, 0) is 0 Å². The van der Waals surface area contributed by atoms with Crippen LogP contribution in [0, 0.1) is 21.7 Å². The maximum Gasteiger partial charge on any atom is 0.307 e. The van der Waals surface area contributed by atoms with Crippen molar-refractivity contribution >= 4 is 5.69 Å². The number of hydrogen-bond donors (Lipinski definition) is 2. The predicted octanol–water partition coefficient (Wildman–Crippen LogP) is 2.00. The lowest BCUT2D eigenvalue weighted by atomic mass is 10.1. The highest BCUT2D eigenvalue weighted by Crippen LogP contribution is 2.26. The zero-order valence-corrected chi connectivity index (χ0v) is 11.9. The monoisotopic (exact) mass is 304 g/mol. The average Bonchev–Trinajstić information content (AvgIpc) is 2.39. The molecule has 0 saturated heterocycles. The first-order valence-corrected chi connectivity index (χ1v) is 6.46. The smallest absolute Gasteiger partial charge is 0.307 e. The van der Waals surface area contributed by atoms with E-state index in [1.807, 2.05) is 6.92 Å². The molecule has 0 heterocycles. The molecule has 0 bridgehead atoms. The molecule has 1 atom stereocenters. The molecule has 118 valence electrons. The van der Waals surface area contributed by atoms with Crippen molar-refractivity contribution in [1.29, 1.82) is 0 Å². The molecular weight excluding hydrogens is 286 g/mol. The maximum absolute atomic E-state index is 13.6. The highest BCUT2D eigenvalue weighted by molar-refractivity contribution is 5.39. The number of hydrogen-bond acceptors (Lipinski definition) is 5. The number of benzene rings is 1. The minimum atomic E-state index is -1.28. The van der Waals surface area contributed by atoms with Crippen molar-refractivity contribution in [3.63, 3.8) is 0 Å². The molecule has 0 aliphatic rings. The Morgan fingerprint density at radius 3 is 2.67 bits per heavy atom. The summed E-state index contributed by atoms with van der Waals surface area (Å²) in [5.41, 5.74) is -2.24. The lowest BCUT2D eigenvalue weighted by Crippen LogP contribution is -2.43. The number of nitrogens with one attached hydrogen (secondary N) is 1. The molecule has 21 heavy (non-hydrogen) atoms. The molecule has 0 amide bonds. The molecule has 6 nitrogen and oxygen atoms in total. The minimum Gasteiger partial charge on any atom is -0.487 e. The summed E-state index contributed by atoms with van der Waals surface area (Å²) < 4.78 is 32.0. The third-order valence-corrected chi connectivity index (χ3v) is 2.67. The van der Waals surface area contributed by atoms with Crippen LogP contribution in [-0.4, -0.2) is 35.3 Å². The molecule has 8 heteroatoms. The molecule has 1 rings (SSSR count). The van der Waals surface area contributed by atoms with E-state index in [1.165, 1.54) is 6.92 Å². The molecule has 0 fully saturated rings. The van der Waals surface area contributed by atoms with E-state index in [0.717, 1.165) is 6.42 Å². The van der Waals surface area contributed by atoms with Crippen LogP contribution in [0.4, 0.5) is 14.5 Å². The largest absolute Gasteiger partial charge is 0.487 e. The lowest BCUT2D eigenvalue weighted by Gasteiger charge is -2.24. The second-order valence-electron chi connectivity index (χ2n) is 4.95. The summed E-state index contributed by atoms with van der Waals surface area (Å²) in [5, 5.41) is 23.4. The molecule has 1 unspecified atom stereocenters. The van der Waals surface area contributed by atoms with Gasteiger partial charge in [-0.3, -0.25) is 10.1 Å². The average molecular weight is 304 g/mol. The van der Waals surface area contributed by atoms with Crippen molar-refractivity contribution in [2.75, 3.05) is 19.7 Å². The van der Waals surface area contributed by atoms with Gasteiger partial charge in [0.2, 0.25) is 5.82 Å². The number of nitro benzene ring substituents is 1. The Bertz CT molecular complexity index is 509. The van der Waals surface area contributed by atoms with E-state index in [4.69, 9.17) is 4.74 Å². The topological polar surface area (TPSA) is 84.6 Å². The van der Waals surface area contributed by atoms with Gasteiger partial charge in [-0.25, -0.2) is 4.39 Å². The molecule has 0 aromatic heterocycles. The summed E-state index contributed by atoms with van der Waals surface area (Å²) in [6.07, 6.45) is 0.888. The van der Waals surface area contributed by atoms with E-state index < -0.39 is 33.6 Å². The van der Waals surface area contributed by atoms with Gasteiger partial charge in [0.1, 0.15) is 12.2 Å². The zero-order chi connectivity index (χ0) is 16.0. The van der Waals surface area contributed by atoms with E-state index in [1.54, 1.807) is 0 Å². The zero-order valence-electron chi connectivity index (χ0n) is 11.9. The third kappa shape index (κ3) is 5.24. The summed E-state index contributed by atoms with van der Waals surface area (Å²) in [7, 11) is 0. The van der Waals surface area contributed by atoms with Gasteiger partial charge in [0.15, 0.2) is 11.6 Å². The normalized spacial score (nSPS) is 13.8. The second kappa shape index (κ2) is 7.28. The Morgan fingerprint density at radius 1 is 1.43 bits per heavy atom. The molecule has 2 N–H and O–H groups in total. The van der Waals surface area contributed by atoms with Crippen molar-refractivity contribution in [2.45, 2.75) is 25.9 Å². The van der Waals surface area contributed by atoms with Gasteiger partial charge in [0.25, 0.3) is 0 Å². The SMILES string of the molecule is CCCNCC(C)(O)COc1cc(F)c([N+](=O)[O-])cc1F. The quantitative estimate of drug-likeness (QED) is 0.436. The Balaban J connectivity index is 2.71. The van der Waals surface area contributed by atoms with Crippen molar-refractivity contribution < 1.29 is 23.5 Å². The van der Waals surface area contributed by atoms with Crippen LogP contribution in [0.25, 0.3) is 0 Å². The Morgan fingerprint density at radius 2 is 2.10 bits per heavy atom. The van der Waals surface area contributed by atoms with Crippen molar-refractivity contribution in [1.82, 2.24) is 5.32 Å². The Kier molecular flexibility index (Phi) is 5.98. The van der Waals surface area contributed by atoms with Crippen LogP contribution in [0.2, 0.25) is 0 Å². The van der Waals surface area contributed by atoms with Gasteiger partial charge in [-0.2, -0.15) is 4.39 Å². The van der Waals surface area contributed by atoms with Gasteiger partial charge < -0.3 is 15.2 Å². The number of rotatable bonds is 8. The Hall–Kier alpha value is -1.80. The predicted molar refractivity (Wildman–Crippen MR) is 72.3 cm³/mol. The summed E-state index contributed by atoms with van der Waals surface area (Å²) in [4.78, 5) is 9.44. The van der Waals surface area contributed by atoms with Crippen LogP contribution in [0.1, 0.15) is 20.3 Å². The van der Waals surface area contributed by atoms with Gasteiger partial charge in [-0.15, -0.1) is 0 Å². The maximum atomic E-state index is 13.6. The molecule has 0 spiro atoms. The number of aliphatic hydroxyl groups is 1. The van der Waals surface area contributed by atoms with Crippen LogP contribution in [0.5, 0.6) is 5.75 Å². The van der Waals surface area contributed by atoms with E-state index in [9.17, 15) is 24.0 Å². The van der Waals surface area contributed by atoms with Gasteiger partial charge in [-0.1, -0.05) is 6.92 Å². The fourth-order valence-electron chi connectivity index (χ4n) is 1.59. The highest BCUT2D eigenvalue weighted by Gasteiger charge is 2.24. The standard InChI is InChI=1S/C13H18F2N2O4/c1-3-4-16-7-13(2,18)8-21-12-6-9(14)11(17(19)20)5-10(12)15/h5-6,16,18H,3-4,7-8H2,1-2H3. The summed E-state index contributed by atoms with van der Waals surface area (Å²) in [6.45, 7) is 4.09. The van der Waals surface area contributed by atoms with E-state index in [0.29, 0.717) is 18.7 Å². The molecule has 0 saturated carbocycles. The van der Waals surface area contributed by atoms with Crippen LogP contribution >= 0.6 is 0 Å². The first kappa shape index (κ1) is 17.3. The fourth-order valence-corrected chi connectivity index (χ4v) is 1.59. The summed E-state index contributed by atoms with van der Waals surface area (Å²) >= 11 is 0. The van der Waals surface area contributed by atoms with Gasteiger partial charge in [0, 0.05) is 12.6 Å². The number of nitrogens with zero attached hydrogens (tertiary/aromatic N) is 1. The van der Waals surface area contributed by atoms with Gasteiger partial charge >= 0.3 is 5.69 Å². The van der Waals surface area contributed by atoms with Crippen LogP contribution < -0.4 is 10.1 Å². The Labute approximate surface area is 120 Å². The van der Waals surface area contributed by atoms with Crippen LogP contribution in [0.3, 0.4) is 0 Å². The molecule has 1 aromatic rings. The molecule has 0 aliphatic heterocycles. The molecule has 0 aliphatic carbocycles. The van der Waals surface area contributed by atoms with Crippen LogP contribution in [0.15, 0.2) is 12.1 Å². The summed E-state index contributed by atoms with van der Waals surface area (Å²) in [6, 6.07) is 1.05. The van der Waals surface area contributed by atoms with E-state index in [2.05, 4.69) is 5.32 Å². The number of halogens is 2. The molecular formula is C13H18F2N2O4. The number of nitro groups is 1. The fraction of sp³-hybridized carbons (Fsp3) is 0.538. The first-order valence-electron chi connectivity index (χ1n) is 6.46. The number of ether oxygens (including phenoxy) is 1. The summed E-state index contributed by atoms with van der Waals surface area (Å²) in [5.74, 6) is -2.73. The molecule has 0 radical (unpaired) electrons. The van der Waals surface area contributed by atoms with Crippen molar-refractivity contribution in [3.8, 4) is 5.75 Å². The van der Waals surface area contributed by atoms with E-state index in [-0.39, 0.29) is 13.2 Å². The second-order valence-corrected chi connectivity index (χ2v) is 4.95. The molecule has 1 aromatic carbocycles. The van der Waals surface area contributed by atoms with Gasteiger partial charge in [-0.05, 0) is 19.9 Å². The third-order valence-electron chi connectivity index (χ3n) is 2.67. The highest BCUT2D eigenvalue weighted by atomic mass is 19.1. The first-order chi connectivity index (χ1) is 9.76. The van der Waals surface area contributed by atoms with Gasteiger partial charge in [0.05, 0.1) is 11.0 Å². The minimum absolute atomic E-state index is 0.220. The lowest BCUT2D eigenvalue weighted by molar-refractivity contribution is -0.387.